The molecule has 0 aliphatic carbocycles. The molecule has 0 fully saturated rings. The number of rotatable bonds is 6. The summed E-state index contributed by atoms with van der Waals surface area (Å²) in [5.74, 6) is 0.370. The van der Waals surface area contributed by atoms with Gasteiger partial charge in [-0.2, -0.15) is 0 Å². The van der Waals surface area contributed by atoms with Crippen LogP contribution in [-0.4, -0.2) is 28.6 Å². The van der Waals surface area contributed by atoms with Gasteiger partial charge in [-0.3, -0.25) is 9.78 Å². The summed E-state index contributed by atoms with van der Waals surface area (Å²) in [6, 6.07) is 13.6. The van der Waals surface area contributed by atoms with Gasteiger partial charge in [0.15, 0.2) is 0 Å². The third-order valence-electron chi connectivity index (χ3n) is 4.64. The normalized spacial score (nSPS) is 12.1. The number of pyridine rings is 1. The summed E-state index contributed by atoms with van der Waals surface area (Å²) in [5.41, 5.74) is 8.64. The molecule has 0 unspecified atom stereocenters. The number of para-hydroxylation sites is 1. The number of aromatic hydroxyl groups is 1. The zero-order chi connectivity index (χ0) is 20.3. The minimum absolute atomic E-state index is 0.0494. The van der Waals surface area contributed by atoms with Gasteiger partial charge in [-0.1, -0.05) is 32.0 Å². The average Bonchev–Trinajstić information content (AvgIpc) is 2.64. The first-order chi connectivity index (χ1) is 13.4. The van der Waals surface area contributed by atoms with Crippen molar-refractivity contribution in [2.75, 3.05) is 12.3 Å². The molecular weight excluding hydrogens is 354 g/mol. The van der Waals surface area contributed by atoms with Crippen LogP contribution < -0.4 is 15.8 Å². The molecule has 0 aliphatic rings. The van der Waals surface area contributed by atoms with Crippen LogP contribution in [0.5, 0.6) is 11.5 Å². The molecule has 6 nitrogen and oxygen atoms in total. The predicted octanol–water partition coefficient (Wildman–Crippen LogP) is 3.66. The zero-order valence-corrected chi connectivity index (χ0v) is 16.3. The summed E-state index contributed by atoms with van der Waals surface area (Å²) >= 11 is 0. The number of carbonyl (C=O) groups excluding carboxylic acids is 1. The molecule has 3 rings (SSSR count). The quantitative estimate of drug-likeness (QED) is 0.607. The van der Waals surface area contributed by atoms with E-state index in [2.05, 4.69) is 10.3 Å². The van der Waals surface area contributed by atoms with Gasteiger partial charge >= 0.3 is 0 Å². The average molecular weight is 379 g/mol. The lowest BCUT2D eigenvalue weighted by molar-refractivity contribution is 0.0902. The Morgan fingerprint density at radius 1 is 1.21 bits per heavy atom. The van der Waals surface area contributed by atoms with Crippen LogP contribution in [0.4, 0.5) is 5.69 Å². The van der Waals surface area contributed by atoms with Crippen LogP contribution in [0.3, 0.4) is 0 Å². The third kappa shape index (κ3) is 4.17. The van der Waals surface area contributed by atoms with E-state index in [-0.39, 0.29) is 35.8 Å². The number of nitrogen functional groups attached to an aromatic ring is 1. The summed E-state index contributed by atoms with van der Waals surface area (Å²) in [6.07, 6.45) is 0. The fraction of sp³-hybridized carbons (Fsp3) is 0.273. The van der Waals surface area contributed by atoms with Crippen LogP contribution in [0.15, 0.2) is 48.5 Å². The van der Waals surface area contributed by atoms with Crippen molar-refractivity contribution in [1.82, 2.24) is 10.3 Å². The highest BCUT2D eigenvalue weighted by atomic mass is 16.5. The van der Waals surface area contributed by atoms with Crippen LogP contribution in [0, 0.1) is 12.8 Å². The topological polar surface area (TPSA) is 97.5 Å². The molecule has 1 atom stereocenters. The number of aryl methyl sites for hydroxylation is 1. The summed E-state index contributed by atoms with van der Waals surface area (Å²) in [6.45, 7) is 6.17. The lowest BCUT2D eigenvalue weighted by Gasteiger charge is -2.23. The molecule has 1 heterocycles. The Morgan fingerprint density at radius 3 is 2.68 bits per heavy atom. The Hall–Kier alpha value is -3.28. The number of nitrogens with zero attached hydrogens (tertiary/aromatic N) is 1. The van der Waals surface area contributed by atoms with E-state index in [1.165, 1.54) is 6.07 Å². The second-order valence-corrected chi connectivity index (χ2v) is 7.16. The largest absolute Gasteiger partial charge is 0.507 e. The predicted molar refractivity (Wildman–Crippen MR) is 111 cm³/mol. The van der Waals surface area contributed by atoms with E-state index < -0.39 is 0 Å². The number of carbonyl (C=O) groups is 1. The van der Waals surface area contributed by atoms with Gasteiger partial charge in [-0.05, 0) is 43.2 Å². The number of aromatic nitrogens is 1. The molecule has 0 saturated heterocycles. The van der Waals surface area contributed by atoms with Gasteiger partial charge in [0.1, 0.15) is 18.1 Å². The Morgan fingerprint density at radius 2 is 1.96 bits per heavy atom. The van der Waals surface area contributed by atoms with E-state index in [9.17, 15) is 9.90 Å². The number of anilines is 1. The first kappa shape index (κ1) is 19.5. The highest BCUT2D eigenvalue weighted by Crippen LogP contribution is 2.30. The Kier molecular flexibility index (Phi) is 5.68. The molecule has 2 aromatic carbocycles. The van der Waals surface area contributed by atoms with Gasteiger partial charge in [-0.25, -0.2) is 0 Å². The highest BCUT2D eigenvalue weighted by molar-refractivity contribution is 5.97. The van der Waals surface area contributed by atoms with Gasteiger partial charge in [0.2, 0.25) is 0 Å². The molecular formula is C22H25N3O3. The van der Waals surface area contributed by atoms with Crippen molar-refractivity contribution < 1.29 is 14.6 Å². The molecule has 1 amide bonds. The van der Waals surface area contributed by atoms with Crippen molar-refractivity contribution >= 4 is 22.5 Å². The van der Waals surface area contributed by atoms with Crippen LogP contribution >= 0.6 is 0 Å². The number of benzene rings is 2. The first-order valence-corrected chi connectivity index (χ1v) is 9.24. The number of amides is 1. The molecule has 0 saturated carbocycles. The maximum Gasteiger partial charge on any atom is 0.255 e. The summed E-state index contributed by atoms with van der Waals surface area (Å²) in [4.78, 5) is 17.0. The minimum Gasteiger partial charge on any atom is -0.507 e. The van der Waals surface area contributed by atoms with E-state index in [0.717, 1.165) is 16.6 Å². The second kappa shape index (κ2) is 8.17. The minimum atomic E-state index is -0.338. The van der Waals surface area contributed by atoms with Crippen LogP contribution in [-0.2, 0) is 0 Å². The summed E-state index contributed by atoms with van der Waals surface area (Å²) in [5, 5.41) is 13.6. The Bertz CT molecular complexity index is 1000. The van der Waals surface area contributed by atoms with Crippen molar-refractivity contribution in [3.8, 4) is 11.5 Å². The van der Waals surface area contributed by atoms with Crippen molar-refractivity contribution in [3.63, 3.8) is 0 Å². The van der Waals surface area contributed by atoms with E-state index >= 15 is 0 Å². The van der Waals surface area contributed by atoms with E-state index in [4.69, 9.17) is 10.5 Å². The molecule has 0 aliphatic heterocycles. The molecule has 6 heteroatoms. The van der Waals surface area contributed by atoms with Gasteiger partial charge in [0, 0.05) is 11.4 Å². The maximum absolute atomic E-state index is 12.5. The number of nitrogens with one attached hydrogen (secondary N) is 1. The molecule has 28 heavy (non-hydrogen) atoms. The number of phenolic OH excluding ortho intramolecular Hbond substituents is 1. The summed E-state index contributed by atoms with van der Waals surface area (Å²) in [7, 11) is 0. The number of ether oxygens (including phenoxy) is 1. The van der Waals surface area contributed by atoms with Crippen molar-refractivity contribution in [2.24, 2.45) is 5.92 Å². The molecule has 0 spiro atoms. The Labute approximate surface area is 164 Å². The monoisotopic (exact) mass is 379 g/mol. The zero-order valence-electron chi connectivity index (χ0n) is 16.3. The van der Waals surface area contributed by atoms with Gasteiger partial charge in [0.05, 0.1) is 22.5 Å². The highest BCUT2D eigenvalue weighted by Gasteiger charge is 2.20. The molecule has 1 aromatic heterocycles. The smallest absolute Gasteiger partial charge is 0.255 e. The second-order valence-electron chi connectivity index (χ2n) is 7.16. The molecule has 146 valence electrons. The van der Waals surface area contributed by atoms with Crippen LogP contribution in [0.25, 0.3) is 10.9 Å². The maximum atomic E-state index is 12.5. The lowest BCUT2D eigenvalue weighted by Crippen LogP contribution is -2.42. The van der Waals surface area contributed by atoms with Crippen LogP contribution in [0.1, 0.15) is 29.9 Å². The van der Waals surface area contributed by atoms with Gasteiger partial charge in [-0.15, -0.1) is 0 Å². The van der Waals surface area contributed by atoms with E-state index in [1.54, 1.807) is 18.2 Å². The van der Waals surface area contributed by atoms with Gasteiger partial charge in [0.25, 0.3) is 5.91 Å². The summed E-state index contributed by atoms with van der Waals surface area (Å²) < 4.78 is 6.03. The number of hydrogen-bond acceptors (Lipinski definition) is 5. The SMILES string of the molecule is Cc1cc(N)c2c(OC[C@@H](NC(=O)c3ccccc3O)C(C)C)cccc2n1. The van der Waals surface area contributed by atoms with Crippen molar-refractivity contribution in [1.29, 1.82) is 0 Å². The number of fused-ring (bicyclic) bond motifs is 1. The van der Waals surface area contributed by atoms with Crippen LogP contribution in [0.2, 0.25) is 0 Å². The number of phenols is 1. The van der Waals surface area contributed by atoms with Crippen molar-refractivity contribution in [2.45, 2.75) is 26.8 Å². The van der Waals surface area contributed by atoms with E-state index in [1.807, 2.05) is 45.0 Å². The molecule has 0 bridgehead atoms. The Balaban J connectivity index is 1.79. The lowest BCUT2D eigenvalue weighted by atomic mass is 10.0. The number of hydrogen-bond donors (Lipinski definition) is 3. The number of nitrogens with two attached hydrogens (primary N) is 1. The van der Waals surface area contributed by atoms with Gasteiger partial charge < -0.3 is 20.9 Å². The molecule has 0 radical (unpaired) electrons. The molecule has 3 aromatic rings. The van der Waals surface area contributed by atoms with Crippen molar-refractivity contribution in [3.05, 3.63) is 59.8 Å². The fourth-order valence-corrected chi connectivity index (χ4v) is 3.03. The van der Waals surface area contributed by atoms with E-state index in [0.29, 0.717) is 11.4 Å². The fourth-order valence-electron chi connectivity index (χ4n) is 3.03. The third-order valence-corrected chi connectivity index (χ3v) is 4.64. The first-order valence-electron chi connectivity index (χ1n) is 9.24. The molecule has 4 N–H and O–H groups in total. The standard InChI is InChI=1S/C22H25N3O3/c1-13(2)18(25-22(27)15-7-4-5-9-19(15)26)12-28-20-10-6-8-17-21(20)16(23)11-14(3)24-17/h4-11,13,18,26H,12H2,1-3H3,(H2,23,24)(H,25,27)/t18-/m1/s1.